The fourth-order valence-corrected chi connectivity index (χ4v) is 1.42. The molecule has 0 fully saturated rings. The van der Waals surface area contributed by atoms with Crippen LogP contribution in [0.1, 0.15) is 38.4 Å². The summed E-state index contributed by atoms with van der Waals surface area (Å²) < 4.78 is 0. The molecule has 7 nitrogen and oxygen atoms in total. The van der Waals surface area contributed by atoms with Gasteiger partial charge in [-0.05, 0) is 0 Å². The molecule has 0 unspecified atom stereocenters. The van der Waals surface area contributed by atoms with Crippen LogP contribution < -0.4 is 5.73 Å². The summed E-state index contributed by atoms with van der Waals surface area (Å²) in [7, 11) is 1.32. The van der Waals surface area contributed by atoms with Gasteiger partial charge in [0.25, 0.3) is 11.8 Å². The Morgan fingerprint density at radius 1 is 1.25 bits per heavy atom. The standard InChI is InChI=1S/C9H8N4O3/c1-3(14)7-11-5-4(6(10)12-7)8(15)13(2)9(5)16/h1-2H3,(H2,10,11,12). The van der Waals surface area contributed by atoms with Crippen molar-refractivity contribution in [3.8, 4) is 0 Å². The fourth-order valence-electron chi connectivity index (χ4n) is 1.42. The molecule has 0 saturated carbocycles. The molecule has 0 aromatic carbocycles. The van der Waals surface area contributed by atoms with Crippen molar-refractivity contribution in [2.75, 3.05) is 12.8 Å². The number of nitrogens with two attached hydrogens (primary N) is 1. The molecule has 0 aliphatic carbocycles. The largest absolute Gasteiger partial charge is 0.383 e. The summed E-state index contributed by atoms with van der Waals surface area (Å²) >= 11 is 0. The van der Waals surface area contributed by atoms with Crippen molar-refractivity contribution in [1.29, 1.82) is 0 Å². The number of hydrogen-bond acceptors (Lipinski definition) is 6. The van der Waals surface area contributed by atoms with Crippen molar-refractivity contribution < 1.29 is 14.4 Å². The van der Waals surface area contributed by atoms with Gasteiger partial charge in [0.1, 0.15) is 17.1 Å². The lowest BCUT2D eigenvalue weighted by Crippen LogP contribution is -2.24. The molecule has 2 amide bonds. The highest BCUT2D eigenvalue weighted by atomic mass is 16.2. The van der Waals surface area contributed by atoms with Crippen molar-refractivity contribution in [3.63, 3.8) is 0 Å². The number of nitrogens with zero attached hydrogens (tertiary/aromatic N) is 3. The first-order chi connectivity index (χ1) is 7.43. The summed E-state index contributed by atoms with van der Waals surface area (Å²) in [4.78, 5) is 42.5. The molecule has 0 bridgehead atoms. The third kappa shape index (κ3) is 1.18. The SMILES string of the molecule is CC(=O)c1nc(N)c2c(n1)C(=O)N(C)C2=O. The number of aromatic nitrogens is 2. The molecule has 2 heterocycles. The fraction of sp³-hybridized carbons (Fsp3) is 0.222. The number of rotatable bonds is 1. The average molecular weight is 220 g/mol. The molecule has 1 aromatic heterocycles. The van der Waals surface area contributed by atoms with Crippen molar-refractivity contribution in [2.24, 2.45) is 0 Å². The predicted molar refractivity (Wildman–Crippen MR) is 52.9 cm³/mol. The Balaban J connectivity index is 2.72. The van der Waals surface area contributed by atoms with Gasteiger partial charge in [-0.3, -0.25) is 19.3 Å². The number of nitrogen functional groups attached to an aromatic ring is 1. The molecule has 2 N–H and O–H groups in total. The number of imide groups is 1. The Hall–Kier alpha value is -2.31. The second-order valence-corrected chi connectivity index (χ2v) is 3.38. The second kappa shape index (κ2) is 3.09. The summed E-state index contributed by atoms with van der Waals surface area (Å²) in [6.45, 7) is 1.26. The van der Waals surface area contributed by atoms with Crippen molar-refractivity contribution >= 4 is 23.4 Å². The Morgan fingerprint density at radius 3 is 2.44 bits per heavy atom. The Kier molecular flexibility index (Phi) is 1.97. The van der Waals surface area contributed by atoms with Crippen LogP contribution in [0.15, 0.2) is 0 Å². The van der Waals surface area contributed by atoms with Gasteiger partial charge >= 0.3 is 0 Å². The van der Waals surface area contributed by atoms with E-state index in [1.54, 1.807) is 0 Å². The number of anilines is 1. The number of carbonyl (C=O) groups excluding carboxylic acids is 3. The van der Waals surface area contributed by atoms with Crippen LogP contribution in [0.4, 0.5) is 5.82 Å². The van der Waals surface area contributed by atoms with E-state index in [4.69, 9.17) is 5.73 Å². The summed E-state index contributed by atoms with van der Waals surface area (Å²) in [5, 5.41) is 0. The minimum atomic E-state index is -0.573. The lowest BCUT2D eigenvalue weighted by molar-refractivity contribution is 0.0691. The Labute approximate surface area is 90.3 Å². The normalized spacial score (nSPS) is 14.2. The van der Waals surface area contributed by atoms with E-state index >= 15 is 0 Å². The average Bonchev–Trinajstić information content (AvgIpc) is 2.44. The summed E-state index contributed by atoms with van der Waals surface area (Å²) in [5.74, 6) is -1.83. The van der Waals surface area contributed by atoms with Crippen molar-refractivity contribution in [2.45, 2.75) is 6.92 Å². The lowest BCUT2D eigenvalue weighted by atomic mass is 10.2. The van der Waals surface area contributed by atoms with E-state index in [2.05, 4.69) is 9.97 Å². The summed E-state index contributed by atoms with van der Waals surface area (Å²) in [6.07, 6.45) is 0. The van der Waals surface area contributed by atoms with E-state index in [1.807, 2.05) is 0 Å². The van der Waals surface area contributed by atoms with Gasteiger partial charge in [0, 0.05) is 14.0 Å². The van der Waals surface area contributed by atoms with Gasteiger partial charge in [-0.1, -0.05) is 0 Å². The molecular weight excluding hydrogens is 212 g/mol. The van der Waals surface area contributed by atoms with Gasteiger partial charge < -0.3 is 5.73 Å². The molecule has 2 rings (SSSR count). The van der Waals surface area contributed by atoms with E-state index in [1.165, 1.54) is 14.0 Å². The van der Waals surface area contributed by atoms with Crippen LogP contribution in [-0.4, -0.2) is 39.5 Å². The maximum atomic E-state index is 11.6. The molecule has 0 radical (unpaired) electrons. The molecular formula is C9H8N4O3. The maximum absolute atomic E-state index is 11.6. The minimum Gasteiger partial charge on any atom is -0.383 e. The number of carbonyl (C=O) groups is 3. The monoisotopic (exact) mass is 220 g/mol. The van der Waals surface area contributed by atoms with Crippen molar-refractivity contribution in [3.05, 3.63) is 17.1 Å². The van der Waals surface area contributed by atoms with E-state index < -0.39 is 17.6 Å². The predicted octanol–water partition coefficient (Wildman–Crippen LogP) is -0.513. The van der Waals surface area contributed by atoms with Crippen LogP contribution >= 0.6 is 0 Å². The first kappa shape index (κ1) is 10.2. The lowest BCUT2D eigenvalue weighted by Gasteiger charge is -2.02. The van der Waals surface area contributed by atoms with Crippen LogP contribution in [0.25, 0.3) is 0 Å². The molecule has 16 heavy (non-hydrogen) atoms. The highest BCUT2D eigenvalue weighted by molar-refractivity contribution is 6.22. The molecule has 0 saturated heterocycles. The second-order valence-electron chi connectivity index (χ2n) is 3.38. The molecule has 7 heteroatoms. The van der Waals surface area contributed by atoms with Crippen LogP contribution in [-0.2, 0) is 0 Å². The zero-order valence-corrected chi connectivity index (χ0v) is 8.64. The third-order valence-electron chi connectivity index (χ3n) is 2.28. The number of ketones is 1. The Bertz CT molecular complexity index is 538. The van der Waals surface area contributed by atoms with E-state index in [0.717, 1.165) is 4.90 Å². The molecule has 0 spiro atoms. The van der Waals surface area contributed by atoms with Gasteiger partial charge in [0.15, 0.2) is 11.6 Å². The molecule has 1 aliphatic heterocycles. The zero-order chi connectivity index (χ0) is 12.0. The zero-order valence-electron chi connectivity index (χ0n) is 8.64. The van der Waals surface area contributed by atoms with Gasteiger partial charge in [-0.2, -0.15) is 0 Å². The summed E-state index contributed by atoms with van der Waals surface area (Å²) in [5.41, 5.74) is 5.39. The highest BCUT2D eigenvalue weighted by Crippen LogP contribution is 2.23. The van der Waals surface area contributed by atoms with Gasteiger partial charge in [0.2, 0.25) is 0 Å². The number of Topliss-reactive ketones (excluding diaryl/α,β-unsaturated/α-hetero) is 1. The molecule has 1 aromatic rings. The van der Waals surface area contributed by atoms with Crippen LogP contribution in [0.3, 0.4) is 0 Å². The summed E-state index contributed by atoms with van der Waals surface area (Å²) in [6, 6.07) is 0. The van der Waals surface area contributed by atoms with Crippen LogP contribution in [0.2, 0.25) is 0 Å². The number of hydrogen-bond donors (Lipinski definition) is 1. The van der Waals surface area contributed by atoms with Gasteiger partial charge in [-0.25, -0.2) is 9.97 Å². The van der Waals surface area contributed by atoms with E-state index in [-0.39, 0.29) is 22.9 Å². The highest BCUT2D eigenvalue weighted by Gasteiger charge is 2.37. The molecule has 1 aliphatic rings. The first-order valence-corrected chi connectivity index (χ1v) is 4.44. The van der Waals surface area contributed by atoms with E-state index in [0.29, 0.717) is 0 Å². The smallest absolute Gasteiger partial charge is 0.280 e. The maximum Gasteiger partial charge on any atom is 0.280 e. The molecule has 0 atom stereocenters. The van der Waals surface area contributed by atoms with E-state index in [9.17, 15) is 14.4 Å². The van der Waals surface area contributed by atoms with Crippen molar-refractivity contribution in [1.82, 2.24) is 14.9 Å². The Morgan fingerprint density at radius 2 is 1.88 bits per heavy atom. The number of fused-ring (bicyclic) bond motifs is 1. The van der Waals surface area contributed by atoms with Crippen LogP contribution in [0.5, 0.6) is 0 Å². The first-order valence-electron chi connectivity index (χ1n) is 4.44. The quantitative estimate of drug-likeness (QED) is 0.504. The van der Waals surface area contributed by atoms with Crippen LogP contribution in [0, 0.1) is 0 Å². The minimum absolute atomic E-state index is 0.0301. The van der Waals surface area contributed by atoms with Gasteiger partial charge in [0.05, 0.1) is 0 Å². The topological polar surface area (TPSA) is 106 Å². The third-order valence-corrected chi connectivity index (χ3v) is 2.28. The molecule has 82 valence electrons. The number of amides is 2. The van der Waals surface area contributed by atoms with Gasteiger partial charge in [-0.15, -0.1) is 0 Å².